The topological polar surface area (TPSA) is 43.1 Å². The van der Waals surface area contributed by atoms with Crippen molar-refractivity contribution in [1.82, 2.24) is 0 Å². The van der Waals surface area contributed by atoms with Gasteiger partial charge in [-0.05, 0) is 48.7 Å². The van der Waals surface area contributed by atoms with Crippen molar-refractivity contribution >= 4 is 28.2 Å². The van der Waals surface area contributed by atoms with Gasteiger partial charge in [-0.15, -0.1) is 11.8 Å². The van der Waals surface area contributed by atoms with Crippen LogP contribution in [0.15, 0.2) is 52.3 Å². The summed E-state index contributed by atoms with van der Waals surface area (Å²) in [7, 11) is -0.956. The van der Waals surface area contributed by atoms with E-state index in [1.807, 2.05) is 36.9 Å². The molecule has 1 aliphatic heterocycles. The molecule has 1 aliphatic rings. The molecule has 0 spiro atoms. The van der Waals surface area contributed by atoms with E-state index in [1.54, 1.807) is 0 Å². The summed E-state index contributed by atoms with van der Waals surface area (Å²) in [5.74, 6) is 0.697. The number of thioether (sulfide) groups is 1. The number of hydrogen-bond donors (Lipinski definition) is 1. The number of nitrogen functional groups attached to an aromatic ring is 1. The quantitative estimate of drug-likeness (QED) is 0.884. The molecule has 104 valence electrons. The largest absolute Gasteiger partial charge is 0.399 e. The second-order valence-electron chi connectivity index (χ2n) is 5.08. The van der Waals surface area contributed by atoms with Gasteiger partial charge in [0.1, 0.15) is 0 Å². The molecule has 0 fully saturated rings. The van der Waals surface area contributed by atoms with E-state index >= 15 is 0 Å². The monoisotopic (exact) mass is 303 g/mol. The molecule has 2 atom stereocenters. The Labute approximate surface area is 126 Å². The molecule has 20 heavy (non-hydrogen) atoms. The van der Waals surface area contributed by atoms with Crippen molar-refractivity contribution in [1.29, 1.82) is 0 Å². The molecule has 0 aromatic heterocycles. The number of hydrogen-bond acceptors (Lipinski definition) is 3. The van der Waals surface area contributed by atoms with Crippen LogP contribution in [-0.2, 0) is 17.2 Å². The van der Waals surface area contributed by atoms with Gasteiger partial charge in [-0.1, -0.05) is 18.2 Å². The summed E-state index contributed by atoms with van der Waals surface area (Å²) >= 11 is 1.85. The number of nitrogens with two attached hydrogens (primary N) is 1. The maximum absolute atomic E-state index is 12.5. The summed E-state index contributed by atoms with van der Waals surface area (Å²) in [4.78, 5) is 2.22. The van der Waals surface area contributed by atoms with Crippen molar-refractivity contribution in [2.45, 2.75) is 28.4 Å². The molecule has 1 heterocycles. The Balaban J connectivity index is 1.70. The predicted molar refractivity (Wildman–Crippen MR) is 86.7 cm³/mol. The number of aryl methyl sites for hydroxylation is 1. The standard InChI is InChI=1S/C16H17NOS2/c1-11-8-14(6-7-15(11)17)20(18)10-13-9-12-4-2-3-5-16(12)19-13/h2-8,13H,9-10,17H2,1H3. The van der Waals surface area contributed by atoms with Crippen LogP contribution < -0.4 is 5.73 Å². The van der Waals surface area contributed by atoms with E-state index in [9.17, 15) is 4.21 Å². The summed E-state index contributed by atoms with van der Waals surface area (Å²) in [5.41, 5.74) is 8.95. The zero-order chi connectivity index (χ0) is 14.1. The SMILES string of the molecule is Cc1cc(S(=O)CC2Cc3ccccc3S2)ccc1N. The lowest BCUT2D eigenvalue weighted by Crippen LogP contribution is -2.13. The summed E-state index contributed by atoms with van der Waals surface area (Å²) in [5, 5.41) is 0.408. The summed E-state index contributed by atoms with van der Waals surface area (Å²) in [6.45, 7) is 1.95. The van der Waals surface area contributed by atoms with E-state index in [1.165, 1.54) is 10.5 Å². The van der Waals surface area contributed by atoms with E-state index < -0.39 is 10.8 Å². The average molecular weight is 303 g/mol. The highest BCUT2D eigenvalue weighted by atomic mass is 32.2. The molecule has 0 amide bonds. The molecule has 0 aliphatic carbocycles. The van der Waals surface area contributed by atoms with Gasteiger partial charge in [0.15, 0.2) is 0 Å². The predicted octanol–water partition coefficient (Wildman–Crippen LogP) is 3.40. The number of benzene rings is 2. The highest BCUT2D eigenvalue weighted by molar-refractivity contribution is 8.01. The molecular weight excluding hydrogens is 286 g/mol. The lowest BCUT2D eigenvalue weighted by Gasteiger charge is -2.09. The van der Waals surface area contributed by atoms with Crippen molar-refractivity contribution in [2.75, 3.05) is 11.5 Å². The van der Waals surface area contributed by atoms with Crippen LogP contribution in [0.5, 0.6) is 0 Å². The zero-order valence-corrected chi connectivity index (χ0v) is 13.0. The van der Waals surface area contributed by atoms with Gasteiger partial charge in [0.2, 0.25) is 0 Å². The third-order valence-corrected chi connectivity index (χ3v) is 6.57. The highest BCUT2D eigenvalue weighted by Crippen LogP contribution is 2.37. The Morgan fingerprint density at radius 3 is 2.85 bits per heavy atom. The molecule has 2 nitrogen and oxygen atoms in total. The fourth-order valence-electron chi connectivity index (χ4n) is 2.40. The number of fused-ring (bicyclic) bond motifs is 1. The van der Waals surface area contributed by atoms with Crippen LogP contribution in [-0.4, -0.2) is 15.2 Å². The number of rotatable bonds is 3. The Hall–Kier alpha value is -1.26. The van der Waals surface area contributed by atoms with Crippen molar-refractivity contribution in [3.8, 4) is 0 Å². The lowest BCUT2D eigenvalue weighted by molar-refractivity contribution is 0.681. The van der Waals surface area contributed by atoms with E-state index in [0.29, 0.717) is 11.0 Å². The second-order valence-corrected chi connectivity index (χ2v) is 7.92. The summed E-state index contributed by atoms with van der Waals surface area (Å²) in [6, 6.07) is 14.1. The van der Waals surface area contributed by atoms with E-state index in [4.69, 9.17) is 5.73 Å². The second kappa shape index (κ2) is 5.62. The first-order valence-corrected chi connectivity index (χ1v) is 8.82. The van der Waals surface area contributed by atoms with Crippen LogP contribution in [0, 0.1) is 6.92 Å². The lowest BCUT2D eigenvalue weighted by atomic mass is 10.1. The van der Waals surface area contributed by atoms with Crippen LogP contribution in [0.25, 0.3) is 0 Å². The molecule has 4 heteroatoms. The minimum Gasteiger partial charge on any atom is -0.399 e. The van der Waals surface area contributed by atoms with Gasteiger partial charge in [-0.2, -0.15) is 0 Å². The third kappa shape index (κ3) is 2.76. The van der Waals surface area contributed by atoms with Crippen LogP contribution >= 0.6 is 11.8 Å². The minimum atomic E-state index is -0.956. The first kappa shape index (κ1) is 13.7. The van der Waals surface area contributed by atoms with Crippen molar-refractivity contribution in [3.63, 3.8) is 0 Å². The van der Waals surface area contributed by atoms with Crippen molar-refractivity contribution in [3.05, 3.63) is 53.6 Å². The molecule has 2 aromatic rings. The fraction of sp³-hybridized carbons (Fsp3) is 0.250. The summed E-state index contributed by atoms with van der Waals surface area (Å²) < 4.78 is 12.5. The molecule has 2 aromatic carbocycles. The number of anilines is 1. The van der Waals surface area contributed by atoms with Gasteiger partial charge in [-0.3, -0.25) is 4.21 Å². The van der Waals surface area contributed by atoms with Gasteiger partial charge in [0, 0.05) is 26.5 Å². The highest BCUT2D eigenvalue weighted by Gasteiger charge is 2.24. The van der Waals surface area contributed by atoms with E-state index in [-0.39, 0.29) is 0 Å². The smallest absolute Gasteiger partial charge is 0.0541 e. The molecule has 2 unspecified atom stereocenters. The van der Waals surface area contributed by atoms with Crippen LogP contribution in [0.2, 0.25) is 0 Å². The van der Waals surface area contributed by atoms with Crippen molar-refractivity contribution < 1.29 is 4.21 Å². The maximum atomic E-state index is 12.5. The summed E-state index contributed by atoms with van der Waals surface area (Å²) in [6.07, 6.45) is 1.01. The Kier molecular flexibility index (Phi) is 3.85. The third-order valence-electron chi connectivity index (χ3n) is 3.56. The van der Waals surface area contributed by atoms with Crippen LogP contribution in [0.3, 0.4) is 0 Å². The molecule has 0 saturated carbocycles. The zero-order valence-electron chi connectivity index (χ0n) is 11.3. The van der Waals surface area contributed by atoms with E-state index in [0.717, 1.165) is 22.6 Å². The Morgan fingerprint density at radius 2 is 2.10 bits per heavy atom. The molecule has 3 rings (SSSR count). The molecule has 0 bridgehead atoms. The van der Waals surface area contributed by atoms with Gasteiger partial charge < -0.3 is 5.73 Å². The Morgan fingerprint density at radius 1 is 1.30 bits per heavy atom. The first-order chi connectivity index (χ1) is 9.63. The van der Waals surface area contributed by atoms with Gasteiger partial charge in [-0.25, -0.2) is 0 Å². The molecule has 0 radical (unpaired) electrons. The van der Waals surface area contributed by atoms with Gasteiger partial charge in [0.05, 0.1) is 10.8 Å². The normalized spacial score (nSPS) is 18.8. The van der Waals surface area contributed by atoms with Gasteiger partial charge in [0.25, 0.3) is 0 Å². The van der Waals surface area contributed by atoms with Crippen LogP contribution in [0.1, 0.15) is 11.1 Å². The average Bonchev–Trinajstić information content (AvgIpc) is 2.83. The molecule has 2 N–H and O–H groups in total. The van der Waals surface area contributed by atoms with Gasteiger partial charge >= 0.3 is 0 Å². The molecule has 0 saturated heterocycles. The maximum Gasteiger partial charge on any atom is 0.0541 e. The van der Waals surface area contributed by atoms with Crippen LogP contribution in [0.4, 0.5) is 5.69 Å². The van der Waals surface area contributed by atoms with E-state index in [2.05, 4.69) is 24.3 Å². The Bertz CT molecular complexity index is 644. The first-order valence-electron chi connectivity index (χ1n) is 6.62. The fourth-order valence-corrected chi connectivity index (χ4v) is 5.30. The molecular formula is C16H17NOS2. The van der Waals surface area contributed by atoms with Crippen molar-refractivity contribution in [2.24, 2.45) is 0 Å². The minimum absolute atomic E-state index is 0.408.